The van der Waals surface area contributed by atoms with Gasteiger partial charge >= 0.3 is 0 Å². The Labute approximate surface area is 105 Å². The number of nitrogens with two attached hydrogens (primary N) is 2. The van der Waals surface area contributed by atoms with Crippen LogP contribution in [0.3, 0.4) is 0 Å². The van der Waals surface area contributed by atoms with Gasteiger partial charge in [-0.05, 0) is 22.0 Å². The molecule has 0 radical (unpaired) electrons. The quantitative estimate of drug-likeness (QED) is 0.509. The summed E-state index contributed by atoms with van der Waals surface area (Å²) >= 11 is 5.11. The normalized spacial score (nSPS) is 12.9. The number of hydrogen-bond donors (Lipinski definition) is 4. The first-order valence-electron chi connectivity index (χ1n) is 4.68. The van der Waals surface area contributed by atoms with E-state index in [2.05, 4.69) is 37.6 Å². The summed E-state index contributed by atoms with van der Waals surface area (Å²) in [6.07, 6.45) is 2.49. The van der Waals surface area contributed by atoms with E-state index >= 15 is 0 Å². The van der Waals surface area contributed by atoms with Crippen molar-refractivity contribution in [1.29, 1.82) is 0 Å². The van der Waals surface area contributed by atoms with E-state index in [4.69, 9.17) is 11.6 Å². The Hall–Kier alpha value is -0.890. The number of nitrogens with zero attached hydrogens (tertiary/aromatic N) is 1. The molecule has 2 rings (SSSR count). The molecule has 5 nitrogen and oxygen atoms in total. The Balaban J connectivity index is 2.15. The van der Waals surface area contributed by atoms with Crippen molar-refractivity contribution in [2.45, 2.75) is 12.5 Å². The molecule has 0 bridgehead atoms. The van der Waals surface area contributed by atoms with Crippen molar-refractivity contribution in [3.05, 3.63) is 32.6 Å². The first kappa shape index (κ1) is 11.6. The maximum absolute atomic E-state index is 5.76. The van der Waals surface area contributed by atoms with Crippen LogP contribution < -0.4 is 17.0 Å². The number of hydrazine groups is 1. The molecule has 0 fully saturated rings. The van der Waals surface area contributed by atoms with Gasteiger partial charge in [0, 0.05) is 26.7 Å². The van der Waals surface area contributed by atoms with Crippen LogP contribution in [0.5, 0.6) is 0 Å². The van der Waals surface area contributed by atoms with E-state index in [9.17, 15) is 0 Å². The minimum absolute atomic E-state index is 0.0238. The Morgan fingerprint density at radius 1 is 1.62 bits per heavy atom. The van der Waals surface area contributed by atoms with Gasteiger partial charge in [-0.1, -0.05) is 0 Å². The van der Waals surface area contributed by atoms with E-state index in [1.54, 1.807) is 17.5 Å². The number of nitrogen functional groups attached to an aromatic ring is 1. The third kappa shape index (κ3) is 2.43. The van der Waals surface area contributed by atoms with E-state index in [0.29, 0.717) is 5.82 Å². The summed E-state index contributed by atoms with van der Waals surface area (Å²) in [6, 6.07) is 2.05. The smallest absolute Gasteiger partial charge is 0.123 e. The largest absolute Gasteiger partial charge is 0.384 e. The van der Waals surface area contributed by atoms with Crippen molar-refractivity contribution in [3.8, 4) is 0 Å². The van der Waals surface area contributed by atoms with Crippen LogP contribution in [0.1, 0.15) is 16.5 Å². The lowest BCUT2D eigenvalue weighted by Gasteiger charge is -2.13. The molecule has 6 N–H and O–H groups in total. The average Bonchev–Trinajstić information content (AvgIpc) is 2.84. The molecule has 0 saturated heterocycles. The van der Waals surface area contributed by atoms with Crippen LogP contribution in [0.4, 0.5) is 5.82 Å². The monoisotopic (exact) mass is 301 g/mol. The summed E-state index contributed by atoms with van der Waals surface area (Å²) in [4.78, 5) is 1.23. The minimum Gasteiger partial charge on any atom is -0.384 e. The van der Waals surface area contributed by atoms with Crippen molar-refractivity contribution in [3.63, 3.8) is 0 Å². The number of hydrogen-bond acceptors (Lipinski definition) is 5. The highest BCUT2D eigenvalue weighted by atomic mass is 79.9. The first-order chi connectivity index (χ1) is 7.70. The second-order valence-corrected chi connectivity index (χ2v) is 5.31. The fourth-order valence-electron chi connectivity index (χ4n) is 1.50. The van der Waals surface area contributed by atoms with Crippen LogP contribution >= 0.6 is 27.3 Å². The van der Waals surface area contributed by atoms with Gasteiger partial charge in [0.2, 0.25) is 0 Å². The summed E-state index contributed by atoms with van der Waals surface area (Å²) in [5.41, 5.74) is 9.41. The molecule has 0 aliphatic rings. The zero-order valence-corrected chi connectivity index (χ0v) is 10.8. The lowest BCUT2D eigenvalue weighted by atomic mass is 10.1. The molecule has 16 heavy (non-hydrogen) atoms. The maximum atomic E-state index is 5.76. The third-order valence-corrected chi connectivity index (χ3v) is 4.02. The molecule has 2 heterocycles. The van der Waals surface area contributed by atoms with Gasteiger partial charge in [-0.3, -0.25) is 16.4 Å². The van der Waals surface area contributed by atoms with E-state index in [1.807, 2.05) is 5.38 Å². The van der Waals surface area contributed by atoms with Gasteiger partial charge in [-0.25, -0.2) is 0 Å². The van der Waals surface area contributed by atoms with Gasteiger partial charge < -0.3 is 5.73 Å². The number of rotatable bonds is 4. The molecule has 2 aromatic rings. The van der Waals surface area contributed by atoms with Crippen molar-refractivity contribution in [2.75, 3.05) is 5.73 Å². The Morgan fingerprint density at radius 2 is 2.44 bits per heavy atom. The molecule has 0 amide bonds. The predicted molar refractivity (Wildman–Crippen MR) is 68.8 cm³/mol. The number of anilines is 1. The number of H-pyrrole nitrogens is 1. The summed E-state index contributed by atoms with van der Waals surface area (Å²) in [7, 11) is 0. The molecular weight excluding hydrogens is 290 g/mol. The standard InChI is InChI=1S/C9H12BrN5S/c10-5-1-6(16-4-5)2-8(14-12)7-3-13-15-9(7)11/h1,3-4,8,14H,2,12H2,(H3,11,13,15). The predicted octanol–water partition coefficient (Wildman–Crippen LogP) is 1.56. The van der Waals surface area contributed by atoms with Gasteiger partial charge in [-0.15, -0.1) is 11.3 Å². The van der Waals surface area contributed by atoms with Crippen molar-refractivity contribution in [2.24, 2.45) is 5.84 Å². The topological polar surface area (TPSA) is 92.7 Å². The van der Waals surface area contributed by atoms with Crippen LogP contribution in [-0.2, 0) is 6.42 Å². The highest BCUT2D eigenvalue weighted by molar-refractivity contribution is 9.10. The fourth-order valence-corrected chi connectivity index (χ4v) is 3.00. The third-order valence-electron chi connectivity index (χ3n) is 2.30. The van der Waals surface area contributed by atoms with Crippen molar-refractivity contribution in [1.82, 2.24) is 15.6 Å². The van der Waals surface area contributed by atoms with Gasteiger partial charge in [0.1, 0.15) is 5.82 Å². The molecule has 2 aromatic heterocycles. The number of thiophene rings is 1. The van der Waals surface area contributed by atoms with Gasteiger partial charge in [-0.2, -0.15) is 5.10 Å². The van der Waals surface area contributed by atoms with Gasteiger partial charge in [0.25, 0.3) is 0 Å². The van der Waals surface area contributed by atoms with E-state index < -0.39 is 0 Å². The molecule has 1 atom stereocenters. The number of nitrogens with one attached hydrogen (secondary N) is 2. The number of aromatic nitrogens is 2. The second-order valence-electron chi connectivity index (χ2n) is 3.39. The van der Waals surface area contributed by atoms with E-state index in [1.165, 1.54) is 4.88 Å². The Bertz CT molecular complexity index is 466. The summed E-state index contributed by atoms with van der Waals surface area (Å²) in [6.45, 7) is 0. The molecule has 0 aromatic carbocycles. The van der Waals surface area contributed by atoms with Crippen molar-refractivity contribution < 1.29 is 0 Å². The summed E-state index contributed by atoms with van der Waals surface area (Å²) in [5, 5.41) is 8.63. The van der Waals surface area contributed by atoms with Gasteiger partial charge in [0.15, 0.2) is 0 Å². The molecule has 0 aliphatic carbocycles. The number of halogens is 1. The lowest BCUT2D eigenvalue weighted by Crippen LogP contribution is -2.29. The van der Waals surface area contributed by atoms with Gasteiger partial charge in [0.05, 0.1) is 12.2 Å². The molecule has 0 aliphatic heterocycles. The van der Waals surface area contributed by atoms with Crippen LogP contribution in [-0.4, -0.2) is 10.2 Å². The molecular formula is C9H12BrN5S. The molecule has 0 saturated carbocycles. The fraction of sp³-hybridized carbons (Fsp3) is 0.222. The SMILES string of the molecule is NNC(Cc1cc(Br)cs1)c1cn[nH]c1N. The maximum Gasteiger partial charge on any atom is 0.123 e. The number of aromatic amines is 1. The highest BCUT2D eigenvalue weighted by Crippen LogP contribution is 2.26. The zero-order chi connectivity index (χ0) is 11.5. The van der Waals surface area contributed by atoms with Crippen molar-refractivity contribution >= 4 is 33.1 Å². The van der Waals surface area contributed by atoms with Crippen LogP contribution in [0.2, 0.25) is 0 Å². The highest BCUT2D eigenvalue weighted by Gasteiger charge is 2.15. The molecule has 0 spiro atoms. The lowest BCUT2D eigenvalue weighted by molar-refractivity contribution is 0.557. The van der Waals surface area contributed by atoms with Crippen LogP contribution in [0.15, 0.2) is 22.1 Å². The average molecular weight is 302 g/mol. The summed E-state index contributed by atoms with van der Waals surface area (Å²) in [5.74, 6) is 6.09. The van der Waals surface area contributed by atoms with E-state index in [-0.39, 0.29) is 6.04 Å². The van der Waals surface area contributed by atoms with E-state index in [0.717, 1.165) is 16.5 Å². The molecule has 7 heteroatoms. The van der Waals surface area contributed by atoms with Crippen LogP contribution in [0, 0.1) is 0 Å². The second kappa shape index (κ2) is 4.96. The van der Waals surface area contributed by atoms with Crippen LogP contribution in [0.25, 0.3) is 0 Å². The zero-order valence-electron chi connectivity index (χ0n) is 8.40. The molecule has 86 valence electrons. The molecule has 1 unspecified atom stereocenters. The Morgan fingerprint density at radius 3 is 2.94 bits per heavy atom. The summed E-state index contributed by atoms with van der Waals surface area (Å²) < 4.78 is 1.09. The minimum atomic E-state index is -0.0238. The Kier molecular flexibility index (Phi) is 3.59. The first-order valence-corrected chi connectivity index (χ1v) is 6.35.